The van der Waals surface area contributed by atoms with Gasteiger partial charge < -0.3 is 5.32 Å². The van der Waals surface area contributed by atoms with Gasteiger partial charge in [-0.15, -0.1) is 11.3 Å². The quantitative estimate of drug-likeness (QED) is 0.429. The highest BCUT2D eigenvalue weighted by Crippen LogP contribution is 2.40. The van der Waals surface area contributed by atoms with Crippen LogP contribution in [-0.4, -0.2) is 21.6 Å². The topological polar surface area (TPSA) is 54.9 Å². The lowest BCUT2D eigenvalue weighted by Gasteiger charge is -2.18. The SMILES string of the molecule is C[C@@H]1CCc2c(sc3ncnc(SCC(=O)Nc4cccc(C(F)(F)F)c4)c23)C1. The van der Waals surface area contributed by atoms with Crippen molar-refractivity contribution in [3.63, 3.8) is 0 Å². The maximum atomic E-state index is 12.8. The molecule has 2 aromatic heterocycles. The van der Waals surface area contributed by atoms with E-state index in [0.717, 1.165) is 46.6 Å². The number of fused-ring (bicyclic) bond motifs is 3. The summed E-state index contributed by atoms with van der Waals surface area (Å²) in [6, 6.07) is 4.62. The molecule has 1 aliphatic rings. The number of aryl methyl sites for hydroxylation is 1. The summed E-state index contributed by atoms with van der Waals surface area (Å²) in [6.45, 7) is 2.24. The third-order valence-electron chi connectivity index (χ3n) is 4.87. The number of thiophene rings is 1. The molecule has 0 fully saturated rings. The molecule has 1 atom stereocenters. The average Bonchev–Trinajstić information content (AvgIpc) is 3.04. The Bertz CT molecular complexity index is 1060. The molecule has 152 valence electrons. The highest BCUT2D eigenvalue weighted by molar-refractivity contribution is 8.00. The Balaban J connectivity index is 1.48. The van der Waals surface area contributed by atoms with E-state index in [4.69, 9.17) is 0 Å². The number of carbonyl (C=O) groups is 1. The number of benzene rings is 1. The molecule has 1 amide bonds. The first kappa shape index (κ1) is 20.2. The maximum absolute atomic E-state index is 12.8. The molecule has 0 spiro atoms. The first-order chi connectivity index (χ1) is 13.8. The second kappa shape index (κ2) is 7.95. The Morgan fingerprint density at radius 2 is 2.17 bits per heavy atom. The van der Waals surface area contributed by atoms with Crippen molar-refractivity contribution in [2.75, 3.05) is 11.1 Å². The highest BCUT2D eigenvalue weighted by atomic mass is 32.2. The van der Waals surface area contributed by atoms with Crippen molar-refractivity contribution in [2.24, 2.45) is 5.92 Å². The van der Waals surface area contributed by atoms with Gasteiger partial charge in [0.05, 0.1) is 11.3 Å². The van der Waals surface area contributed by atoms with E-state index in [1.807, 2.05) is 0 Å². The van der Waals surface area contributed by atoms with E-state index >= 15 is 0 Å². The predicted molar refractivity (Wildman–Crippen MR) is 109 cm³/mol. The third kappa shape index (κ3) is 4.40. The Kier molecular flexibility index (Phi) is 5.52. The fourth-order valence-electron chi connectivity index (χ4n) is 3.46. The van der Waals surface area contributed by atoms with Crippen LogP contribution in [0.3, 0.4) is 0 Å². The molecule has 0 saturated carbocycles. The molecule has 9 heteroatoms. The van der Waals surface area contributed by atoms with Crippen LogP contribution in [0, 0.1) is 5.92 Å². The number of alkyl halides is 3. The first-order valence-electron chi connectivity index (χ1n) is 9.16. The summed E-state index contributed by atoms with van der Waals surface area (Å²) in [4.78, 5) is 23.3. The Hall–Kier alpha value is -2.13. The van der Waals surface area contributed by atoms with E-state index in [0.29, 0.717) is 5.92 Å². The largest absolute Gasteiger partial charge is 0.416 e. The van der Waals surface area contributed by atoms with Crippen LogP contribution in [0.5, 0.6) is 0 Å². The number of thioether (sulfide) groups is 1. The lowest BCUT2D eigenvalue weighted by Crippen LogP contribution is -2.15. The number of anilines is 1. The van der Waals surface area contributed by atoms with Gasteiger partial charge in [-0.05, 0) is 48.9 Å². The average molecular weight is 438 g/mol. The van der Waals surface area contributed by atoms with Gasteiger partial charge in [-0.25, -0.2) is 9.97 Å². The molecule has 0 radical (unpaired) electrons. The van der Waals surface area contributed by atoms with Gasteiger partial charge in [0.25, 0.3) is 0 Å². The van der Waals surface area contributed by atoms with E-state index in [2.05, 4.69) is 22.2 Å². The zero-order chi connectivity index (χ0) is 20.6. The summed E-state index contributed by atoms with van der Waals surface area (Å²) < 4.78 is 38.5. The van der Waals surface area contributed by atoms with Crippen molar-refractivity contribution >= 4 is 44.9 Å². The summed E-state index contributed by atoms with van der Waals surface area (Å²) in [5.74, 6) is 0.334. The van der Waals surface area contributed by atoms with Crippen LogP contribution in [-0.2, 0) is 23.8 Å². The molecule has 1 aliphatic carbocycles. The molecule has 1 N–H and O–H groups in total. The van der Waals surface area contributed by atoms with Crippen LogP contribution >= 0.6 is 23.1 Å². The summed E-state index contributed by atoms with van der Waals surface area (Å²) in [6.07, 6.45) is 0.191. The van der Waals surface area contributed by atoms with Crippen molar-refractivity contribution in [2.45, 2.75) is 37.4 Å². The molecule has 4 nitrogen and oxygen atoms in total. The minimum Gasteiger partial charge on any atom is -0.325 e. The molecule has 3 aromatic rings. The van der Waals surface area contributed by atoms with Crippen LogP contribution in [0.1, 0.15) is 29.3 Å². The number of aromatic nitrogens is 2. The lowest BCUT2D eigenvalue weighted by atomic mass is 9.89. The van der Waals surface area contributed by atoms with Gasteiger partial charge >= 0.3 is 6.18 Å². The molecule has 2 heterocycles. The third-order valence-corrected chi connectivity index (χ3v) is 7.02. The van der Waals surface area contributed by atoms with Crippen LogP contribution in [0.4, 0.5) is 18.9 Å². The van der Waals surface area contributed by atoms with E-state index < -0.39 is 11.7 Å². The standard InChI is InChI=1S/C20H18F3N3OS2/c1-11-5-6-14-15(7-11)29-19-17(14)18(24-10-25-19)28-9-16(27)26-13-4-2-3-12(8-13)20(21,22)23/h2-4,8,10-11H,5-7,9H2,1H3,(H,26,27)/t11-/m1/s1. The van der Waals surface area contributed by atoms with Gasteiger partial charge in [0.15, 0.2) is 0 Å². The van der Waals surface area contributed by atoms with Crippen LogP contribution in [0.2, 0.25) is 0 Å². The van der Waals surface area contributed by atoms with Gasteiger partial charge in [0.1, 0.15) is 16.2 Å². The van der Waals surface area contributed by atoms with Gasteiger partial charge in [-0.2, -0.15) is 13.2 Å². The van der Waals surface area contributed by atoms with Gasteiger partial charge in [0.2, 0.25) is 5.91 Å². The van der Waals surface area contributed by atoms with E-state index in [1.165, 1.54) is 40.7 Å². The van der Waals surface area contributed by atoms with Gasteiger partial charge in [-0.3, -0.25) is 4.79 Å². The summed E-state index contributed by atoms with van der Waals surface area (Å²) >= 11 is 2.97. The van der Waals surface area contributed by atoms with Crippen molar-refractivity contribution in [1.82, 2.24) is 9.97 Å². The minimum atomic E-state index is -4.45. The predicted octanol–water partition coefficient (Wildman–Crippen LogP) is 5.57. The highest BCUT2D eigenvalue weighted by Gasteiger charge is 2.30. The number of nitrogens with one attached hydrogen (secondary N) is 1. The van der Waals surface area contributed by atoms with Crippen LogP contribution in [0.15, 0.2) is 35.6 Å². The molecule has 0 saturated heterocycles. The lowest BCUT2D eigenvalue weighted by molar-refractivity contribution is -0.137. The smallest absolute Gasteiger partial charge is 0.325 e. The zero-order valence-electron chi connectivity index (χ0n) is 15.5. The summed E-state index contributed by atoms with van der Waals surface area (Å²) in [7, 11) is 0. The summed E-state index contributed by atoms with van der Waals surface area (Å²) in [5, 5.41) is 4.31. The molecule has 4 rings (SSSR count). The second-order valence-corrected chi connectivity index (χ2v) is 9.17. The van der Waals surface area contributed by atoms with Crippen molar-refractivity contribution < 1.29 is 18.0 Å². The van der Waals surface area contributed by atoms with Gasteiger partial charge in [-0.1, -0.05) is 24.8 Å². The van der Waals surface area contributed by atoms with Crippen LogP contribution in [0.25, 0.3) is 10.2 Å². The fourth-order valence-corrected chi connectivity index (χ4v) is 5.70. The molecule has 0 bridgehead atoms. The van der Waals surface area contributed by atoms with Crippen LogP contribution < -0.4 is 5.32 Å². The molecule has 0 unspecified atom stereocenters. The molecule has 0 aliphatic heterocycles. The monoisotopic (exact) mass is 437 g/mol. The van der Waals surface area contributed by atoms with Gasteiger partial charge in [0, 0.05) is 16.0 Å². The summed E-state index contributed by atoms with van der Waals surface area (Å²) in [5.41, 5.74) is 0.615. The first-order valence-corrected chi connectivity index (χ1v) is 11.0. The number of amides is 1. The van der Waals surface area contributed by atoms with E-state index in [9.17, 15) is 18.0 Å². The zero-order valence-corrected chi connectivity index (χ0v) is 17.2. The minimum absolute atomic E-state index is 0.0589. The Labute approximate surface area is 173 Å². The molecule has 1 aromatic carbocycles. The van der Waals surface area contributed by atoms with Crippen molar-refractivity contribution in [3.05, 3.63) is 46.6 Å². The van der Waals surface area contributed by atoms with E-state index in [1.54, 1.807) is 11.3 Å². The van der Waals surface area contributed by atoms with Crippen molar-refractivity contribution in [3.8, 4) is 0 Å². The number of hydrogen-bond donors (Lipinski definition) is 1. The number of halogens is 3. The molecule has 29 heavy (non-hydrogen) atoms. The second-order valence-electron chi connectivity index (χ2n) is 7.13. The Morgan fingerprint density at radius 1 is 1.34 bits per heavy atom. The van der Waals surface area contributed by atoms with Crippen molar-refractivity contribution in [1.29, 1.82) is 0 Å². The normalized spacial score (nSPS) is 16.6. The fraction of sp³-hybridized carbons (Fsp3) is 0.350. The number of rotatable bonds is 4. The maximum Gasteiger partial charge on any atom is 0.416 e. The Morgan fingerprint density at radius 3 is 2.97 bits per heavy atom. The number of hydrogen-bond acceptors (Lipinski definition) is 5. The number of nitrogens with zero attached hydrogens (tertiary/aromatic N) is 2. The number of carbonyl (C=O) groups excluding carboxylic acids is 1. The van der Waals surface area contributed by atoms with E-state index in [-0.39, 0.29) is 17.3 Å². The molecular weight excluding hydrogens is 419 g/mol. The molecular formula is C20H18F3N3OS2.